The van der Waals surface area contributed by atoms with Gasteiger partial charge in [0.05, 0.1) is 23.9 Å². The number of nitrogens with zero attached hydrogens (tertiary/aromatic N) is 2. The van der Waals surface area contributed by atoms with Crippen LogP contribution in [0.3, 0.4) is 0 Å². The van der Waals surface area contributed by atoms with Gasteiger partial charge < -0.3 is 14.9 Å². The molecule has 0 amide bonds. The summed E-state index contributed by atoms with van der Waals surface area (Å²) in [5, 5.41) is 22.3. The van der Waals surface area contributed by atoms with E-state index in [2.05, 4.69) is 9.97 Å². The molecule has 1 saturated heterocycles. The molecule has 32 heavy (non-hydrogen) atoms. The highest BCUT2D eigenvalue weighted by molar-refractivity contribution is 7.13. The first-order chi connectivity index (χ1) is 15.2. The second kappa shape index (κ2) is 8.74. The van der Waals surface area contributed by atoms with E-state index in [0.717, 1.165) is 23.5 Å². The number of aromatic nitrogens is 2. The van der Waals surface area contributed by atoms with Crippen LogP contribution >= 0.6 is 11.3 Å². The van der Waals surface area contributed by atoms with Gasteiger partial charge in [0.1, 0.15) is 27.9 Å². The van der Waals surface area contributed by atoms with Crippen LogP contribution in [0.1, 0.15) is 48.0 Å². The molecule has 0 radical (unpaired) electrons. The lowest BCUT2D eigenvalue weighted by Gasteiger charge is -2.43. The summed E-state index contributed by atoms with van der Waals surface area (Å²) < 4.78 is 34.0. The SMILES string of the molecule is C[C@H]1O[C@@H](c2ccncc2CC(=O)c2csc(-c3c(F)cccc3F)n2)C[C@@H](O)[C@]1(C)O. The molecule has 2 N–H and O–H groups in total. The van der Waals surface area contributed by atoms with Crippen molar-refractivity contribution in [3.8, 4) is 10.6 Å². The molecule has 2 aromatic heterocycles. The molecule has 9 heteroatoms. The Kier molecular flexibility index (Phi) is 6.17. The minimum atomic E-state index is -1.38. The van der Waals surface area contributed by atoms with E-state index >= 15 is 0 Å². The van der Waals surface area contributed by atoms with Crippen LogP contribution in [0.25, 0.3) is 10.6 Å². The molecule has 0 bridgehead atoms. The standard InChI is InChI=1S/C23H22F2N2O4S/c1-12-23(2,30)20(29)9-19(31-12)14-6-7-26-10-13(14)8-18(28)17-11-32-22(27-17)21-15(24)4-3-5-16(21)25/h3-7,10-12,19-20,29-30H,8-9H2,1-2H3/t12-,19-,20-,23-/m1/s1. The third kappa shape index (κ3) is 4.21. The number of ether oxygens (including phenoxy) is 1. The largest absolute Gasteiger partial charge is 0.390 e. The van der Waals surface area contributed by atoms with E-state index < -0.39 is 35.5 Å². The van der Waals surface area contributed by atoms with E-state index in [1.165, 1.54) is 18.4 Å². The van der Waals surface area contributed by atoms with Gasteiger partial charge in [0.25, 0.3) is 0 Å². The minimum Gasteiger partial charge on any atom is -0.390 e. The number of aliphatic hydroxyl groups excluding tert-OH is 1. The number of pyridine rings is 1. The second-order valence-corrected chi connectivity index (χ2v) is 8.91. The molecule has 3 heterocycles. The van der Waals surface area contributed by atoms with Crippen molar-refractivity contribution in [2.75, 3.05) is 0 Å². The molecule has 4 rings (SSSR count). The number of thiazole rings is 1. The minimum absolute atomic E-state index is 0.0488. The number of Topliss-reactive ketones (excluding diaryl/α,β-unsaturated/α-hetero) is 1. The summed E-state index contributed by atoms with van der Waals surface area (Å²) in [4.78, 5) is 21.1. The Labute approximate surface area is 187 Å². The number of carbonyl (C=O) groups excluding carboxylic acids is 1. The number of carbonyl (C=O) groups is 1. The van der Waals surface area contributed by atoms with Gasteiger partial charge in [0.2, 0.25) is 0 Å². The molecule has 0 unspecified atom stereocenters. The van der Waals surface area contributed by atoms with Gasteiger partial charge >= 0.3 is 0 Å². The lowest BCUT2D eigenvalue weighted by atomic mass is 9.84. The fraction of sp³-hybridized carbons (Fsp3) is 0.348. The predicted molar refractivity (Wildman–Crippen MR) is 114 cm³/mol. The van der Waals surface area contributed by atoms with Crippen LogP contribution in [-0.2, 0) is 11.2 Å². The monoisotopic (exact) mass is 460 g/mol. The summed E-state index contributed by atoms with van der Waals surface area (Å²) >= 11 is 0.989. The lowest BCUT2D eigenvalue weighted by molar-refractivity contribution is -0.215. The average molecular weight is 461 g/mol. The first kappa shape index (κ1) is 22.6. The van der Waals surface area contributed by atoms with Gasteiger partial charge in [-0.15, -0.1) is 11.3 Å². The maximum absolute atomic E-state index is 14.1. The van der Waals surface area contributed by atoms with Crippen molar-refractivity contribution >= 4 is 17.1 Å². The summed E-state index contributed by atoms with van der Waals surface area (Å²) in [6.45, 7) is 3.20. The highest BCUT2D eigenvalue weighted by atomic mass is 32.1. The Morgan fingerprint density at radius 1 is 1.31 bits per heavy atom. The van der Waals surface area contributed by atoms with E-state index in [-0.39, 0.29) is 34.9 Å². The van der Waals surface area contributed by atoms with Crippen molar-refractivity contribution in [2.45, 2.75) is 50.6 Å². The van der Waals surface area contributed by atoms with Crippen LogP contribution in [0.2, 0.25) is 0 Å². The molecule has 1 aliphatic heterocycles. The van der Waals surface area contributed by atoms with Gasteiger partial charge in [-0.2, -0.15) is 0 Å². The molecule has 0 spiro atoms. The predicted octanol–water partition coefficient (Wildman–Crippen LogP) is 3.87. The molecule has 1 aromatic carbocycles. The third-order valence-electron chi connectivity index (χ3n) is 5.91. The zero-order chi connectivity index (χ0) is 23.0. The quantitative estimate of drug-likeness (QED) is 0.562. The number of halogens is 2. The zero-order valence-electron chi connectivity index (χ0n) is 17.5. The van der Waals surface area contributed by atoms with Gasteiger partial charge in [0, 0.05) is 30.6 Å². The average Bonchev–Trinajstić information content (AvgIpc) is 3.22. The molecule has 0 saturated carbocycles. The summed E-state index contributed by atoms with van der Waals surface area (Å²) in [6, 6.07) is 5.26. The Balaban J connectivity index is 1.56. The smallest absolute Gasteiger partial charge is 0.186 e. The summed E-state index contributed by atoms with van der Waals surface area (Å²) in [5.41, 5.74) is -0.258. The lowest BCUT2D eigenvalue weighted by Crippen LogP contribution is -2.54. The number of hydrogen-bond acceptors (Lipinski definition) is 7. The molecule has 0 aliphatic carbocycles. The zero-order valence-corrected chi connectivity index (χ0v) is 18.3. The molecule has 3 aromatic rings. The Hall–Kier alpha value is -2.59. The fourth-order valence-electron chi connectivity index (χ4n) is 3.73. The van der Waals surface area contributed by atoms with Crippen molar-refractivity contribution in [3.05, 3.63) is 70.5 Å². The first-order valence-corrected chi connectivity index (χ1v) is 11.0. The normalized spacial score (nSPS) is 25.6. The van der Waals surface area contributed by atoms with Crippen LogP contribution in [0, 0.1) is 11.6 Å². The van der Waals surface area contributed by atoms with E-state index in [4.69, 9.17) is 4.74 Å². The number of benzene rings is 1. The number of ketones is 1. The maximum Gasteiger partial charge on any atom is 0.186 e. The van der Waals surface area contributed by atoms with Gasteiger partial charge in [-0.1, -0.05) is 6.07 Å². The van der Waals surface area contributed by atoms with Crippen LogP contribution in [0.5, 0.6) is 0 Å². The molecular formula is C23H22F2N2O4S. The van der Waals surface area contributed by atoms with Gasteiger partial charge in [-0.25, -0.2) is 13.8 Å². The fourth-order valence-corrected chi connectivity index (χ4v) is 4.61. The molecular weight excluding hydrogens is 438 g/mol. The number of aliphatic hydroxyl groups is 2. The van der Waals surface area contributed by atoms with Crippen molar-refractivity contribution in [3.63, 3.8) is 0 Å². The Bertz CT molecular complexity index is 1120. The molecule has 6 nitrogen and oxygen atoms in total. The topological polar surface area (TPSA) is 92.5 Å². The molecule has 4 atom stereocenters. The summed E-state index contributed by atoms with van der Waals surface area (Å²) in [6.07, 6.45) is 1.09. The molecule has 1 fully saturated rings. The van der Waals surface area contributed by atoms with Crippen molar-refractivity contribution < 1.29 is 28.5 Å². The van der Waals surface area contributed by atoms with Crippen LogP contribution in [0.4, 0.5) is 8.78 Å². The van der Waals surface area contributed by atoms with Gasteiger partial charge in [-0.3, -0.25) is 9.78 Å². The molecule has 168 valence electrons. The van der Waals surface area contributed by atoms with E-state index in [1.54, 1.807) is 25.4 Å². The molecule has 1 aliphatic rings. The third-order valence-corrected chi connectivity index (χ3v) is 6.77. The van der Waals surface area contributed by atoms with Crippen molar-refractivity contribution in [2.24, 2.45) is 0 Å². The maximum atomic E-state index is 14.1. The number of hydrogen-bond donors (Lipinski definition) is 2. The van der Waals surface area contributed by atoms with E-state index in [0.29, 0.717) is 11.1 Å². The van der Waals surface area contributed by atoms with Crippen molar-refractivity contribution in [1.82, 2.24) is 9.97 Å². The second-order valence-electron chi connectivity index (χ2n) is 8.05. The summed E-state index contributed by atoms with van der Waals surface area (Å²) in [5.74, 6) is -1.83. The van der Waals surface area contributed by atoms with Crippen molar-refractivity contribution in [1.29, 1.82) is 0 Å². The van der Waals surface area contributed by atoms with Crippen LogP contribution < -0.4 is 0 Å². The van der Waals surface area contributed by atoms with E-state index in [9.17, 15) is 23.8 Å². The Morgan fingerprint density at radius 2 is 2.03 bits per heavy atom. The summed E-state index contributed by atoms with van der Waals surface area (Å²) in [7, 11) is 0. The Morgan fingerprint density at radius 3 is 2.72 bits per heavy atom. The van der Waals surface area contributed by atoms with Crippen LogP contribution in [-0.4, -0.2) is 43.8 Å². The first-order valence-electron chi connectivity index (χ1n) is 10.1. The highest BCUT2D eigenvalue weighted by Crippen LogP contribution is 2.38. The van der Waals surface area contributed by atoms with Crippen LogP contribution in [0.15, 0.2) is 42.0 Å². The highest BCUT2D eigenvalue weighted by Gasteiger charge is 2.44. The number of rotatable bonds is 5. The van der Waals surface area contributed by atoms with E-state index in [1.807, 2.05) is 0 Å². The van der Waals surface area contributed by atoms with Gasteiger partial charge in [0.15, 0.2) is 5.78 Å². The van der Waals surface area contributed by atoms with Gasteiger partial charge in [-0.05, 0) is 43.2 Å².